The summed E-state index contributed by atoms with van der Waals surface area (Å²) < 4.78 is 5.33. The Bertz CT molecular complexity index is 470. The molecular weight excluding hydrogens is 254 g/mol. The maximum Gasteiger partial charge on any atom is 0.319 e. The van der Waals surface area contributed by atoms with Crippen LogP contribution in [0.1, 0.15) is 31.9 Å². The highest BCUT2D eigenvalue weighted by Crippen LogP contribution is 2.19. The van der Waals surface area contributed by atoms with E-state index in [0.717, 1.165) is 17.7 Å². The second kappa shape index (κ2) is 6.24. The first kappa shape index (κ1) is 14.8. The van der Waals surface area contributed by atoms with E-state index in [9.17, 15) is 4.79 Å². The third kappa shape index (κ3) is 3.71. The van der Waals surface area contributed by atoms with E-state index in [1.165, 1.54) is 0 Å². The van der Waals surface area contributed by atoms with Crippen molar-refractivity contribution >= 4 is 11.7 Å². The van der Waals surface area contributed by atoms with E-state index < -0.39 is 0 Å². The first-order valence-corrected chi connectivity index (χ1v) is 6.96. The molecule has 5 heteroatoms. The second-order valence-electron chi connectivity index (χ2n) is 5.58. The van der Waals surface area contributed by atoms with Gasteiger partial charge in [0.2, 0.25) is 0 Å². The third-order valence-corrected chi connectivity index (χ3v) is 3.71. The average Bonchev–Trinajstić information content (AvgIpc) is 2.84. The van der Waals surface area contributed by atoms with E-state index in [2.05, 4.69) is 22.9 Å². The van der Waals surface area contributed by atoms with Crippen molar-refractivity contribution in [3.63, 3.8) is 0 Å². The Hall–Kier alpha value is -1.59. The molecule has 3 N–H and O–H groups in total. The smallest absolute Gasteiger partial charge is 0.319 e. The molecule has 0 radical (unpaired) electrons. The zero-order valence-electron chi connectivity index (χ0n) is 12.3. The second-order valence-corrected chi connectivity index (χ2v) is 5.58. The van der Waals surface area contributed by atoms with Gasteiger partial charge in [0.05, 0.1) is 12.1 Å². The van der Waals surface area contributed by atoms with Gasteiger partial charge in [-0.2, -0.15) is 0 Å². The van der Waals surface area contributed by atoms with Gasteiger partial charge in [-0.25, -0.2) is 4.79 Å². The van der Waals surface area contributed by atoms with Crippen LogP contribution in [0.4, 0.5) is 10.5 Å². The SMILES string of the molecule is CNC(C)c1cccc(NC(=O)NC2(C)CCOC2)c1. The number of urea groups is 1. The Balaban J connectivity index is 1.97. The number of amides is 2. The summed E-state index contributed by atoms with van der Waals surface area (Å²) >= 11 is 0. The van der Waals surface area contributed by atoms with Crippen LogP contribution in [0.3, 0.4) is 0 Å². The van der Waals surface area contributed by atoms with Gasteiger partial charge in [-0.05, 0) is 45.0 Å². The Kier molecular flexibility index (Phi) is 4.62. The van der Waals surface area contributed by atoms with E-state index in [1.54, 1.807) is 0 Å². The molecule has 0 aromatic heterocycles. The largest absolute Gasteiger partial charge is 0.379 e. The maximum absolute atomic E-state index is 12.0. The molecule has 1 aliphatic heterocycles. The number of carbonyl (C=O) groups excluding carboxylic acids is 1. The van der Waals surface area contributed by atoms with Crippen LogP contribution in [-0.2, 0) is 4.74 Å². The summed E-state index contributed by atoms with van der Waals surface area (Å²) in [5.74, 6) is 0. The molecule has 5 nitrogen and oxygen atoms in total. The molecule has 2 unspecified atom stereocenters. The van der Waals surface area contributed by atoms with Crippen molar-refractivity contribution in [2.75, 3.05) is 25.6 Å². The zero-order chi connectivity index (χ0) is 14.6. The van der Waals surface area contributed by atoms with Crippen LogP contribution in [0.2, 0.25) is 0 Å². The number of ether oxygens (including phenoxy) is 1. The highest BCUT2D eigenvalue weighted by Gasteiger charge is 2.31. The van der Waals surface area contributed by atoms with E-state index in [-0.39, 0.29) is 17.6 Å². The van der Waals surface area contributed by atoms with Crippen molar-refractivity contribution in [2.24, 2.45) is 0 Å². The number of benzene rings is 1. The summed E-state index contributed by atoms with van der Waals surface area (Å²) in [5, 5.41) is 9.04. The minimum atomic E-state index is -0.264. The first-order valence-electron chi connectivity index (χ1n) is 6.96. The molecule has 20 heavy (non-hydrogen) atoms. The first-order chi connectivity index (χ1) is 9.52. The van der Waals surface area contributed by atoms with Gasteiger partial charge in [0.25, 0.3) is 0 Å². The predicted octanol–water partition coefficient (Wildman–Crippen LogP) is 2.27. The highest BCUT2D eigenvalue weighted by atomic mass is 16.5. The molecule has 0 aliphatic carbocycles. The van der Waals surface area contributed by atoms with Gasteiger partial charge in [-0.1, -0.05) is 12.1 Å². The molecule has 2 atom stereocenters. The molecule has 1 aromatic carbocycles. The molecule has 110 valence electrons. The Morgan fingerprint density at radius 1 is 1.45 bits per heavy atom. The lowest BCUT2D eigenvalue weighted by atomic mass is 10.0. The summed E-state index contributed by atoms with van der Waals surface area (Å²) in [5.41, 5.74) is 1.67. The number of rotatable bonds is 4. The maximum atomic E-state index is 12.0. The summed E-state index contributed by atoms with van der Waals surface area (Å²) in [6.07, 6.45) is 0.844. The van der Waals surface area contributed by atoms with Gasteiger partial charge in [0.15, 0.2) is 0 Å². The van der Waals surface area contributed by atoms with Crippen molar-refractivity contribution in [1.82, 2.24) is 10.6 Å². The Labute approximate surface area is 120 Å². The van der Waals surface area contributed by atoms with Crippen LogP contribution in [0.15, 0.2) is 24.3 Å². The lowest BCUT2D eigenvalue weighted by Crippen LogP contribution is -2.48. The van der Waals surface area contributed by atoms with Crippen molar-refractivity contribution in [1.29, 1.82) is 0 Å². The quantitative estimate of drug-likeness (QED) is 0.791. The fourth-order valence-corrected chi connectivity index (χ4v) is 2.25. The number of anilines is 1. The molecule has 1 aromatic rings. The van der Waals surface area contributed by atoms with Gasteiger partial charge < -0.3 is 20.7 Å². The van der Waals surface area contributed by atoms with Crippen LogP contribution in [-0.4, -0.2) is 31.8 Å². The van der Waals surface area contributed by atoms with E-state index in [4.69, 9.17) is 4.74 Å². The fourth-order valence-electron chi connectivity index (χ4n) is 2.25. The van der Waals surface area contributed by atoms with Crippen molar-refractivity contribution in [3.8, 4) is 0 Å². The highest BCUT2D eigenvalue weighted by molar-refractivity contribution is 5.89. The summed E-state index contributed by atoms with van der Waals surface area (Å²) in [7, 11) is 1.92. The number of hydrogen-bond donors (Lipinski definition) is 3. The molecule has 0 spiro atoms. The van der Waals surface area contributed by atoms with E-state index in [1.807, 2.05) is 38.2 Å². The Morgan fingerprint density at radius 3 is 2.90 bits per heavy atom. The summed E-state index contributed by atoms with van der Waals surface area (Å²) in [6, 6.07) is 7.91. The molecular formula is C15H23N3O2. The fraction of sp³-hybridized carbons (Fsp3) is 0.533. The van der Waals surface area contributed by atoms with Gasteiger partial charge in [0.1, 0.15) is 0 Å². The van der Waals surface area contributed by atoms with Crippen LogP contribution in [0.5, 0.6) is 0 Å². The van der Waals surface area contributed by atoms with Gasteiger partial charge in [0, 0.05) is 18.3 Å². The average molecular weight is 277 g/mol. The standard InChI is InChI=1S/C15H23N3O2/c1-11(16-3)12-5-4-6-13(9-12)17-14(19)18-15(2)7-8-20-10-15/h4-6,9,11,16H,7-8,10H2,1-3H3,(H2,17,18,19). The molecule has 1 aliphatic rings. The minimum absolute atomic E-state index is 0.188. The van der Waals surface area contributed by atoms with Gasteiger partial charge in [-0.15, -0.1) is 0 Å². The number of hydrogen-bond acceptors (Lipinski definition) is 3. The third-order valence-electron chi connectivity index (χ3n) is 3.71. The monoisotopic (exact) mass is 277 g/mol. The number of nitrogens with one attached hydrogen (secondary N) is 3. The molecule has 2 rings (SSSR count). The van der Waals surface area contributed by atoms with Gasteiger partial charge in [-0.3, -0.25) is 0 Å². The summed E-state index contributed by atoms with van der Waals surface area (Å²) in [4.78, 5) is 12.0. The van der Waals surface area contributed by atoms with E-state index in [0.29, 0.717) is 13.2 Å². The van der Waals surface area contributed by atoms with E-state index >= 15 is 0 Å². The van der Waals surface area contributed by atoms with Crippen LogP contribution in [0.25, 0.3) is 0 Å². The Morgan fingerprint density at radius 2 is 2.25 bits per heavy atom. The topological polar surface area (TPSA) is 62.4 Å². The lowest BCUT2D eigenvalue weighted by Gasteiger charge is -2.23. The van der Waals surface area contributed by atoms with Crippen LogP contribution in [0, 0.1) is 0 Å². The molecule has 0 bridgehead atoms. The molecule has 1 heterocycles. The van der Waals surface area contributed by atoms with Crippen molar-refractivity contribution in [2.45, 2.75) is 31.8 Å². The minimum Gasteiger partial charge on any atom is -0.379 e. The number of carbonyl (C=O) groups is 1. The molecule has 1 fully saturated rings. The lowest BCUT2D eigenvalue weighted by molar-refractivity contribution is 0.172. The van der Waals surface area contributed by atoms with Crippen LogP contribution < -0.4 is 16.0 Å². The van der Waals surface area contributed by atoms with Crippen LogP contribution >= 0.6 is 0 Å². The summed E-state index contributed by atoms with van der Waals surface area (Å²) in [6.45, 7) is 5.35. The van der Waals surface area contributed by atoms with Crippen molar-refractivity contribution in [3.05, 3.63) is 29.8 Å². The van der Waals surface area contributed by atoms with Gasteiger partial charge >= 0.3 is 6.03 Å². The predicted molar refractivity (Wildman–Crippen MR) is 79.9 cm³/mol. The van der Waals surface area contributed by atoms with Crippen molar-refractivity contribution < 1.29 is 9.53 Å². The normalized spacial score (nSPS) is 23.4. The molecule has 2 amide bonds. The molecule has 0 saturated carbocycles. The zero-order valence-corrected chi connectivity index (χ0v) is 12.3. The molecule has 1 saturated heterocycles.